The molecule has 3 nitrogen and oxygen atoms in total. The molecular weight excluding hydrogens is 176 g/mol. The summed E-state index contributed by atoms with van der Waals surface area (Å²) in [5, 5.41) is 11.3. The number of nitriles is 1. The van der Waals surface area contributed by atoms with Crippen LogP contribution in [0.1, 0.15) is 12.5 Å². The van der Waals surface area contributed by atoms with E-state index < -0.39 is 0 Å². The van der Waals surface area contributed by atoms with Crippen molar-refractivity contribution >= 4 is 11.6 Å². The van der Waals surface area contributed by atoms with E-state index in [1.165, 1.54) is 0 Å². The van der Waals surface area contributed by atoms with Gasteiger partial charge >= 0.3 is 0 Å². The average molecular weight is 186 g/mol. The molecule has 1 N–H and O–H groups in total. The monoisotopic (exact) mass is 186 g/mol. The largest absolute Gasteiger partial charge is 0.321 e. The van der Waals surface area contributed by atoms with Crippen LogP contribution < -0.4 is 5.32 Å². The number of hydrogen-bond donors (Lipinski definition) is 1. The van der Waals surface area contributed by atoms with Crippen molar-refractivity contribution in [3.8, 4) is 6.07 Å². The van der Waals surface area contributed by atoms with Gasteiger partial charge in [-0.05, 0) is 19.1 Å². The molecule has 14 heavy (non-hydrogen) atoms. The maximum absolute atomic E-state index is 11.3. The number of para-hydroxylation sites is 1. The first-order valence-electron chi connectivity index (χ1n) is 4.11. The topological polar surface area (TPSA) is 52.9 Å². The zero-order valence-corrected chi connectivity index (χ0v) is 7.87. The van der Waals surface area contributed by atoms with E-state index in [2.05, 4.69) is 11.9 Å². The summed E-state index contributed by atoms with van der Waals surface area (Å²) in [6.45, 7) is 5.13. The van der Waals surface area contributed by atoms with Gasteiger partial charge in [-0.15, -0.1) is 0 Å². The molecule has 0 aromatic heterocycles. The van der Waals surface area contributed by atoms with Crippen molar-refractivity contribution in [1.82, 2.24) is 0 Å². The normalized spacial score (nSPS) is 8.86. The Morgan fingerprint density at radius 3 is 2.71 bits per heavy atom. The molecular formula is C11H10N2O. The van der Waals surface area contributed by atoms with Crippen LogP contribution in [-0.4, -0.2) is 5.91 Å². The summed E-state index contributed by atoms with van der Waals surface area (Å²) in [7, 11) is 0. The summed E-state index contributed by atoms with van der Waals surface area (Å²) >= 11 is 0. The van der Waals surface area contributed by atoms with Gasteiger partial charge in [-0.25, -0.2) is 0 Å². The molecule has 1 amide bonds. The second-order valence-corrected chi connectivity index (χ2v) is 2.89. The SMILES string of the molecule is C=C(C)C(=O)Nc1ccccc1C#N. The molecule has 0 unspecified atom stereocenters. The Bertz CT molecular complexity index is 416. The molecule has 1 aromatic rings. The summed E-state index contributed by atoms with van der Waals surface area (Å²) < 4.78 is 0. The van der Waals surface area contributed by atoms with Crippen LogP contribution in [0.4, 0.5) is 5.69 Å². The molecule has 0 heterocycles. The van der Waals surface area contributed by atoms with Gasteiger partial charge in [-0.1, -0.05) is 18.7 Å². The van der Waals surface area contributed by atoms with Crippen molar-refractivity contribution < 1.29 is 4.79 Å². The lowest BCUT2D eigenvalue weighted by molar-refractivity contribution is -0.112. The minimum Gasteiger partial charge on any atom is -0.321 e. The summed E-state index contributed by atoms with van der Waals surface area (Å²) in [4.78, 5) is 11.3. The van der Waals surface area contributed by atoms with Gasteiger partial charge in [-0.3, -0.25) is 4.79 Å². The average Bonchev–Trinajstić information content (AvgIpc) is 2.18. The molecule has 0 spiro atoms. The van der Waals surface area contributed by atoms with E-state index in [1.54, 1.807) is 31.2 Å². The second kappa shape index (κ2) is 4.24. The Morgan fingerprint density at radius 2 is 2.14 bits per heavy atom. The molecule has 0 fully saturated rings. The minimum absolute atomic E-state index is 0.271. The maximum Gasteiger partial charge on any atom is 0.250 e. The van der Waals surface area contributed by atoms with Gasteiger partial charge in [0.05, 0.1) is 11.3 Å². The van der Waals surface area contributed by atoms with E-state index in [0.717, 1.165) is 0 Å². The number of nitrogens with zero attached hydrogens (tertiary/aromatic N) is 1. The minimum atomic E-state index is -0.271. The van der Waals surface area contributed by atoms with Crippen LogP contribution in [0, 0.1) is 11.3 Å². The Morgan fingerprint density at radius 1 is 1.50 bits per heavy atom. The Hall–Kier alpha value is -2.08. The highest BCUT2D eigenvalue weighted by Crippen LogP contribution is 2.13. The molecule has 1 aromatic carbocycles. The summed E-state index contributed by atoms with van der Waals surface area (Å²) in [6, 6.07) is 8.83. The van der Waals surface area contributed by atoms with Crippen molar-refractivity contribution in [2.75, 3.05) is 5.32 Å². The van der Waals surface area contributed by atoms with Crippen molar-refractivity contribution in [1.29, 1.82) is 5.26 Å². The third-order valence-electron chi connectivity index (χ3n) is 1.68. The van der Waals surface area contributed by atoms with Gasteiger partial charge in [-0.2, -0.15) is 5.26 Å². The second-order valence-electron chi connectivity index (χ2n) is 2.89. The highest BCUT2D eigenvalue weighted by Gasteiger charge is 2.05. The van der Waals surface area contributed by atoms with Gasteiger partial charge in [0.25, 0.3) is 5.91 Å². The lowest BCUT2D eigenvalue weighted by atomic mass is 10.2. The quantitative estimate of drug-likeness (QED) is 0.719. The van der Waals surface area contributed by atoms with Crippen molar-refractivity contribution in [2.45, 2.75) is 6.92 Å². The molecule has 0 aliphatic rings. The first-order valence-corrected chi connectivity index (χ1v) is 4.11. The third kappa shape index (κ3) is 2.20. The molecule has 0 aliphatic heterocycles. The summed E-state index contributed by atoms with van der Waals surface area (Å²) in [5.41, 5.74) is 1.38. The molecule has 70 valence electrons. The van der Waals surface area contributed by atoms with Crippen molar-refractivity contribution in [3.63, 3.8) is 0 Å². The first kappa shape index (κ1) is 10.0. The van der Waals surface area contributed by atoms with Crippen LogP contribution in [-0.2, 0) is 4.79 Å². The Kier molecular flexibility index (Phi) is 3.03. The fourth-order valence-corrected chi connectivity index (χ4v) is 0.919. The van der Waals surface area contributed by atoms with Crippen LogP contribution in [0.5, 0.6) is 0 Å². The van der Waals surface area contributed by atoms with Gasteiger partial charge in [0.2, 0.25) is 0 Å². The Labute approximate surface area is 82.7 Å². The molecule has 3 heteroatoms. The number of benzene rings is 1. The molecule has 0 saturated heterocycles. The summed E-state index contributed by atoms with van der Waals surface area (Å²) in [6.07, 6.45) is 0. The highest BCUT2D eigenvalue weighted by atomic mass is 16.1. The third-order valence-corrected chi connectivity index (χ3v) is 1.68. The van der Waals surface area contributed by atoms with E-state index in [1.807, 2.05) is 6.07 Å². The molecule has 0 radical (unpaired) electrons. The van der Waals surface area contributed by atoms with Gasteiger partial charge in [0, 0.05) is 5.57 Å². The smallest absolute Gasteiger partial charge is 0.250 e. The van der Waals surface area contributed by atoms with Crippen molar-refractivity contribution in [3.05, 3.63) is 42.0 Å². The number of hydrogen-bond acceptors (Lipinski definition) is 2. The fraction of sp³-hybridized carbons (Fsp3) is 0.0909. The number of nitrogens with one attached hydrogen (secondary N) is 1. The van der Waals surface area contributed by atoms with E-state index in [0.29, 0.717) is 16.8 Å². The fourth-order valence-electron chi connectivity index (χ4n) is 0.919. The predicted molar refractivity (Wildman–Crippen MR) is 54.6 cm³/mol. The molecule has 0 saturated carbocycles. The number of amides is 1. The highest BCUT2D eigenvalue weighted by molar-refractivity contribution is 6.03. The van der Waals surface area contributed by atoms with Crippen LogP contribution in [0.15, 0.2) is 36.4 Å². The van der Waals surface area contributed by atoms with Gasteiger partial charge < -0.3 is 5.32 Å². The van der Waals surface area contributed by atoms with Gasteiger partial charge in [0.1, 0.15) is 6.07 Å². The lowest BCUT2D eigenvalue weighted by Crippen LogP contribution is -2.12. The number of carbonyl (C=O) groups excluding carboxylic acids is 1. The van der Waals surface area contributed by atoms with Crippen LogP contribution >= 0.6 is 0 Å². The zero-order chi connectivity index (χ0) is 10.6. The van der Waals surface area contributed by atoms with Crippen LogP contribution in [0.3, 0.4) is 0 Å². The molecule has 0 bridgehead atoms. The molecule has 0 aliphatic carbocycles. The zero-order valence-electron chi connectivity index (χ0n) is 7.87. The van der Waals surface area contributed by atoms with Crippen LogP contribution in [0.2, 0.25) is 0 Å². The molecule has 0 atom stereocenters. The Balaban J connectivity index is 2.93. The maximum atomic E-state index is 11.3. The van der Waals surface area contributed by atoms with E-state index >= 15 is 0 Å². The predicted octanol–water partition coefficient (Wildman–Crippen LogP) is 2.07. The first-order chi connectivity index (χ1) is 6.65. The number of anilines is 1. The summed E-state index contributed by atoms with van der Waals surface area (Å²) in [5.74, 6) is -0.271. The lowest BCUT2D eigenvalue weighted by Gasteiger charge is -2.05. The molecule has 1 rings (SSSR count). The van der Waals surface area contributed by atoms with Crippen molar-refractivity contribution in [2.24, 2.45) is 0 Å². The van der Waals surface area contributed by atoms with E-state index in [-0.39, 0.29) is 5.91 Å². The number of rotatable bonds is 2. The van der Waals surface area contributed by atoms with Gasteiger partial charge in [0.15, 0.2) is 0 Å². The number of carbonyl (C=O) groups is 1. The van der Waals surface area contributed by atoms with Crippen LogP contribution in [0.25, 0.3) is 0 Å². The standard InChI is InChI=1S/C11H10N2O/c1-8(2)11(14)13-10-6-4-3-5-9(10)7-12/h3-6H,1H2,2H3,(H,13,14). The van der Waals surface area contributed by atoms with E-state index in [9.17, 15) is 4.79 Å². The van der Waals surface area contributed by atoms with E-state index in [4.69, 9.17) is 5.26 Å².